The minimum absolute atomic E-state index is 0.169. The van der Waals surface area contributed by atoms with E-state index in [0.29, 0.717) is 10.9 Å². The molecule has 0 radical (unpaired) electrons. The molecule has 1 unspecified atom stereocenters. The summed E-state index contributed by atoms with van der Waals surface area (Å²) >= 11 is 8.15. The fourth-order valence-corrected chi connectivity index (χ4v) is 5.89. The van der Waals surface area contributed by atoms with E-state index in [1.807, 2.05) is 12.1 Å². The first-order chi connectivity index (χ1) is 15.9. The summed E-state index contributed by atoms with van der Waals surface area (Å²) in [5, 5.41) is 12.1. The van der Waals surface area contributed by atoms with Crippen molar-refractivity contribution in [2.24, 2.45) is 5.73 Å². The second-order valence-corrected chi connectivity index (χ2v) is 9.93. The number of nitrogens with one attached hydrogen (secondary N) is 2. The van der Waals surface area contributed by atoms with E-state index in [2.05, 4.69) is 16.9 Å². The number of nitrogens with zero attached hydrogens (tertiary/aromatic N) is 1. The van der Waals surface area contributed by atoms with Crippen LogP contribution in [-0.4, -0.2) is 32.1 Å². The SMILES string of the molecule is CCc1[nH]c2cc(Sc3ccc4[nH]cc(C(=O)O)c(=O)c4c3)nc(C3CC[C@@H](N)C3)c2c1Cl. The van der Waals surface area contributed by atoms with Crippen LogP contribution in [0, 0.1) is 0 Å². The minimum Gasteiger partial charge on any atom is -0.477 e. The Hall–Kier alpha value is -2.81. The van der Waals surface area contributed by atoms with Gasteiger partial charge in [-0.2, -0.15) is 0 Å². The minimum atomic E-state index is -1.25. The lowest BCUT2D eigenvalue weighted by atomic mass is 9.99. The van der Waals surface area contributed by atoms with Gasteiger partial charge in [0.2, 0.25) is 5.43 Å². The molecule has 2 atom stereocenters. The first-order valence-corrected chi connectivity index (χ1v) is 12.1. The van der Waals surface area contributed by atoms with Crippen LogP contribution in [0.4, 0.5) is 0 Å². The first-order valence-electron chi connectivity index (χ1n) is 10.9. The van der Waals surface area contributed by atoms with Gasteiger partial charge in [-0.1, -0.05) is 30.3 Å². The highest BCUT2D eigenvalue weighted by molar-refractivity contribution is 7.99. The van der Waals surface area contributed by atoms with E-state index >= 15 is 0 Å². The molecule has 0 saturated heterocycles. The number of pyridine rings is 2. The summed E-state index contributed by atoms with van der Waals surface area (Å²) in [7, 11) is 0. The number of aryl methyl sites for hydroxylation is 1. The van der Waals surface area contributed by atoms with Crippen molar-refractivity contribution in [3.8, 4) is 0 Å². The number of hydrogen-bond donors (Lipinski definition) is 4. The summed E-state index contributed by atoms with van der Waals surface area (Å²) in [5.41, 5.74) is 8.88. The summed E-state index contributed by atoms with van der Waals surface area (Å²) in [6.45, 7) is 2.06. The molecule has 1 aliphatic carbocycles. The van der Waals surface area contributed by atoms with Crippen LogP contribution >= 0.6 is 23.4 Å². The van der Waals surface area contributed by atoms with E-state index in [9.17, 15) is 14.7 Å². The molecule has 3 heterocycles. The molecule has 5 N–H and O–H groups in total. The Bertz CT molecular complexity index is 1460. The van der Waals surface area contributed by atoms with Crippen LogP contribution in [-0.2, 0) is 6.42 Å². The zero-order chi connectivity index (χ0) is 23.3. The summed E-state index contributed by atoms with van der Waals surface area (Å²) in [4.78, 5) is 36.1. The average molecular weight is 483 g/mol. The topological polar surface area (TPSA) is 125 Å². The molecule has 9 heteroatoms. The van der Waals surface area contributed by atoms with E-state index in [1.54, 1.807) is 12.1 Å². The van der Waals surface area contributed by atoms with Crippen molar-refractivity contribution >= 4 is 51.1 Å². The number of carbonyl (C=O) groups is 1. The highest BCUT2D eigenvalue weighted by Gasteiger charge is 2.28. The Kier molecular flexibility index (Phi) is 5.68. The number of nitrogens with two attached hydrogens (primary N) is 1. The quantitative estimate of drug-likeness (QED) is 0.315. The van der Waals surface area contributed by atoms with Gasteiger partial charge in [-0.05, 0) is 49.9 Å². The second-order valence-electron chi connectivity index (χ2n) is 8.46. The second kappa shape index (κ2) is 8.52. The highest BCUT2D eigenvalue weighted by atomic mass is 35.5. The lowest BCUT2D eigenvalue weighted by molar-refractivity contribution is 0.0695. The molecular formula is C24H23ClN4O3S. The van der Waals surface area contributed by atoms with Crippen molar-refractivity contribution in [3.63, 3.8) is 0 Å². The maximum absolute atomic E-state index is 12.6. The molecule has 1 aliphatic rings. The maximum atomic E-state index is 12.6. The molecule has 0 amide bonds. The lowest BCUT2D eigenvalue weighted by Crippen LogP contribution is -2.15. The molecule has 0 aliphatic heterocycles. The maximum Gasteiger partial charge on any atom is 0.341 e. The third-order valence-electron chi connectivity index (χ3n) is 6.31. The predicted molar refractivity (Wildman–Crippen MR) is 131 cm³/mol. The molecule has 4 aromatic rings. The van der Waals surface area contributed by atoms with Gasteiger partial charge in [-0.25, -0.2) is 9.78 Å². The Morgan fingerprint density at radius 2 is 2.12 bits per heavy atom. The summed E-state index contributed by atoms with van der Waals surface area (Å²) in [6.07, 6.45) is 4.84. The number of aromatic nitrogens is 3. The Labute approximate surface area is 198 Å². The Balaban J connectivity index is 1.60. The van der Waals surface area contributed by atoms with E-state index in [1.165, 1.54) is 18.0 Å². The standard InChI is InChI=1S/C24H23ClN4O3S/c1-2-16-21(25)20-18(28-16)9-19(29-22(20)11-3-4-12(26)7-11)33-13-5-6-17-14(8-13)23(30)15(10-27-17)24(31)32/h5-6,8-12,28H,2-4,7,26H2,1H3,(H,27,30)(H,31,32)/t11?,12-/m1/s1. The number of aromatic carboxylic acids is 1. The van der Waals surface area contributed by atoms with Gasteiger partial charge in [0.15, 0.2) is 0 Å². The number of aromatic amines is 2. The van der Waals surface area contributed by atoms with Crippen molar-refractivity contribution in [2.45, 2.75) is 54.5 Å². The van der Waals surface area contributed by atoms with Crippen LogP contribution in [0.3, 0.4) is 0 Å². The van der Waals surface area contributed by atoms with E-state index in [4.69, 9.17) is 22.3 Å². The van der Waals surface area contributed by atoms with E-state index in [-0.39, 0.29) is 17.5 Å². The normalized spacial score (nSPS) is 18.4. The molecule has 0 spiro atoms. The third-order valence-corrected chi connectivity index (χ3v) is 7.64. The number of H-pyrrole nitrogens is 2. The number of halogens is 1. The number of carboxylic acids is 1. The molecule has 7 nitrogen and oxygen atoms in total. The van der Waals surface area contributed by atoms with E-state index in [0.717, 1.165) is 62.9 Å². The van der Waals surface area contributed by atoms with Gasteiger partial charge in [-0.15, -0.1) is 0 Å². The van der Waals surface area contributed by atoms with Crippen LogP contribution in [0.1, 0.15) is 53.8 Å². The van der Waals surface area contributed by atoms with Crippen molar-refractivity contribution in [1.82, 2.24) is 15.0 Å². The number of carboxylic acid groups (broad SMARTS) is 1. The molecule has 1 aromatic carbocycles. The Morgan fingerprint density at radius 3 is 2.82 bits per heavy atom. The predicted octanol–water partition coefficient (Wildman–Crippen LogP) is 5.06. The van der Waals surface area contributed by atoms with Crippen molar-refractivity contribution in [3.05, 3.63) is 62.7 Å². The fourth-order valence-electron chi connectivity index (χ4n) is 4.63. The lowest BCUT2D eigenvalue weighted by Gasteiger charge is -2.13. The van der Waals surface area contributed by atoms with Gasteiger partial charge >= 0.3 is 5.97 Å². The molecule has 170 valence electrons. The van der Waals surface area contributed by atoms with Crippen LogP contribution in [0.5, 0.6) is 0 Å². The van der Waals surface area contributed by atoms with E-state index < -0.39 is 11.4 Å². The zero-order valence-corrected chi connectivity index (χ0v) is 19.5. The van der Waals surface area contributed by atoms with Crippen LogP contribution in [0.2, 0.25) is 5.02 Å². The van der Waals surface area contributed by atoms with Gasteiger partial charge in [0.1, 0.15) is 10.6 Å². The van der Waals surface area contributed by atoms with Crippen LogP contribution < -0.4 is 11.2 Å². The molecule has 3 aromatic heterocycles. The summed E-state index contributed by atoms with van der Waals surface area (Å²) in [5.74, 6) is -1.00. The van der Waals surface area contributed by atoms with Crippen molar-refractivity contribution < 1.29 is 9.90 Å². The number of hydrogen-bond acceptors (Lipinski definition) is 5. The average Bonchev–Trinajstić information content (AvgIpc) is 3.36. The molecular weight excluding hydrogens is 460 g/mol. The highest BCUT2D eigenvalue weighted by Crippen LogP contribution is 2.42. The van der Waals surface area contributed by atoms with Crippen LogP contribution in [0.25, 0.3) is 21.8 Å². The molecule has 5 rings (SSSR count). The summed E-state index contributed by atoms with van der Waals surface area (Å²) in [6, 6.07) is 7.52. The van der Waals surface area contributed by atoms with Crippen molar-refractivity contribution in [2.75, 3.05) is 0 Å². The monoisotopic (exact) mass is 482 g/mol. The van der Waals surface area contributed by atoms with Gasteiger partial charge < -0.3 is 20.8 Å². The number of fused-ring (bicyclic) bond motifs is 2. The fraction of sp³-hybridized carbons (Fsp3) is 0.292. The third kappa shape index (κ3) is 3.92. The van der Waals surface area contributed by atoms with Gasteiger partial charge in [-0.3, -0.25) is 4.79 Å². The molecule has 1 fully saturated rings. The summed E-state index contributed by atoms with van der Waals surface area (Å²) < 4.78 is 0. The molecule has 0 bridgehead atoms. The Morgan fingerprint density at radius 1 is 1.30 bits per heavy atom. The largest absolute Gasteiger partial charge is 0.477 e. The molecule has 1 saturated carbocycles. The number of benzene rings is 1. The number of rotatable bonds is 5. The zero-order valence-electron chi connectivity index (χ0n) is 17.9. The first kappa shape index (κ1) is 22.0. The van der Waals surface area contributed by atoms with Gasteiger partial charge in [0, 0.05) is 45.0 Å². The van der Waals surface area contributed by atoms with Crippen LogP contribution in [0.15, 0.2) is 45.2 Å². The van der Waals surface area contributed by atoms with Gasteiger partial charge in [0.25, 0.3) is 0 Å². The van der Waals surface area contributed by atoms with Gasteiger partial charge in [0.05, 0.1) is 16.2 Å². The van der Waals surface area contributed by atoms with Crippen molar-refractivity contribution in [1.29, 1.82) is 0 Å². The smallest absolute Gasteiger partial charge is 0.341 e. The molecule has 33 heavy (non-hydrogen) atoms.